The van der Waals surface area contributed by atoms with Crippen LogP contribution in [-0.2, 0) is 28.9 Å². The van der Waals surface area contributed by atoms with Crippen molar-refractivity contribution >= 4 is 23.5 Å². The van der Waals surface area contributed by atoms with E-state index in [0.717, 1.165) is 43.5 Å². The third-order valence-corrected chi connectivity index (χ3v) is 7.22. The monoisotopic (exact) mass is 483 g/mol. The zero-order valence-electron chi connectivity index (χ0n) is 20.7. The number of benzene rings is 2. The number of hydrogen-bond acceptors (Lipinski definition) is 5. The molecule has 0 amide bonds. The largest absolute Gasteiger partial charge is 0.422 e. The fourth-order valence-electron chi connectivity index (χ4n) is 4.74. The van der Waals surface area contributed by atoms with E-state index in [2.05, 4.69) is 30.1 Å². The molecule has 1 unspecified atom stereocenters. The summed E-state index contributed by atoms with van der Waals surface area (Å²) in [5, 5.41) is 0.361. The van der Waals surface area contributed by atoms with Crippen LogP contribution in [0, 0.1) is 11.8 Å². The van der Waals surface area contributed by atoms with Gasteiger partial charge in [-0.05, 0) is 66.6 Å². The lowest BCUT2D eigenvalue weighted by atomic mass is 9.86. The molecule has 5 nitrogen and oxygen atoms in total. The number of carbonyl (C=O) groups excluding carboxylic acids is 2. The highest BCUT2D eigenvalue weighted by Gasteiger charge is 2.31. The zero-order chi connectivity index (χ0) is 24.6. The Kier molecular flexibility index (Phi) is 7.34. The van der Waals surface area contributed by atoms with Gasteiger partial charge in [-0.25, -0.2) is 0 Å². The summed E-state index contributed by atoms with van der Waals surface area (Å²) < 4.78 is 11.4. The van der Waals surface area contributed by atoms with Crippen molar-refractivity contribution in [2.75, 3.05) is 20.1 Å². The van der Waals surface area contributed by atoms with Crippen LogP contribution >= 0.6 is 11.6 Å². The standard InChI is InChI=1S/C28H34ClNO4/c1-16(2)27(31)33-24-14-22-21(25(29)26(24)34-28(32)17(3)4)11-12-30(5)15-23(22)20-10-9-18-7-6-8-19(18)13-20/h9-10,13-14,16-17,23H,6-8,11-12,15H2,1-5H3. The van der Waals surface area contributed by atoms with Crippen molar-refractivity contribution in [3.05, 3.63) is 57.1 Å². The molecule has 0 spiro atoms. The average molecular weight is 484 g/mol. The number of nitrogens with zero attached hydrogens (tertiary/aromatic N) is 1. The minimum atomic E-state index is -0.412. The first-order valence-electron chi connectivity index (χ1n) is 12.2. The van der Waals surface area contributed by atoms with Gasteiger partial charge in [0.25, 0.3) is 0 Å². The van der Waals surface area contributed by atoms with Gasteiger partial charge in [0, 0.05) is 19.0 Å². The molecule has 0 N–H and O–H groups in total. The molecule has 1 atom stereocenters. The Morgan fingerprint density at radius 3 is 2.35 bits per heavy atom. The molecular weight excluding hydrogens is 450 g/mol. The third kappa shape index (κ3) is 5.01. The Labute approximate surface area is 207 Å². The van der Waals surface area contributed by atoms with Crippen LogP contribution in [0.25, 0.3) is 0 Å². The van der Waals surface area contributed by atoms with Crippen molar-refractivity contribution in [1.29, 1.82) is 0 Å². The Hall–Kier alpha value is -2.37. The van der Waals surface area contributed by atoms with Crippen LogP contribution < -0.4 is 9.47 Å². The van der Waals surface area contributed by atoms with E-state index >= 15 is 0 Å². The van der Waals surface area contributed by atoms with Crippen LogP contribution in [0.1, 0.15) is 67.9 Å². The summed E-state index contributed by atoms with van der Waals surface area (Å²) >= 11 is 6.92. The smallest absolute Gasteiger partial charge is 0.313 e. The summed E-state index contributed by atoms with van der Waals surface area (Å²) in [6.07, 6.45) is 4.17. The van der Waals surface area contributed by atoms with Crippen LogP contribution in [0.3, 0.4) is 0 Å². The van der Waals surface area contributed by atoms with Crippen molar-refractivity contribution in [2.45, 2.75) is 59.3 Å². The summed E-state index contributed by atoms with van der Waals surface area (Å²) in [5.41, 5.74) is 6.08. The van der Waals surface area contributed by atoms with Gasteiger partial charge in [-0.2, -0.15) is 0 Å². The van der Waals surface area contributed by atoms with E-state index in [1.54, 1.807) is 27.7 Å². The van der Waals surface area contributed by atoms with Gasteiger partial charge in [-0.3, -0.25) is 9.59 Å². The average Bonchev–Trinajstić information content (AvgIpc) is 3.19. The van der Waals surface area contributed by atoms with Gasteiger partial charge in [-0.1, -0.05) is 57.5 Å². The molecule has 0 bridgehead atoms. The topological polar surface area (TPSA) is 55.8 Å². The second kappa shape index (κ2) is 10.1. The number of ether oxygens (including phenoxy) is 2. The minimum absolute atomic E-state index is 0.0669. The molecule has 0 radical (unpaired) electrons. The van der Waals surface area contributed by atoms with Gasteiger partial charge >= 0.3 is 11.9 Å². The molecule has 4 rings (SSSR count). The molecular formula is C28H34ClNO4. The van der Waals surface area contributed by atoms with E-state index in [-0.39, 0.29) is 29.3 Å². The number of esters is 2. The minimum Gasteiger partial charge on any atom is -0.422 e. The molecule has 2 aromatic rings. The maximum atomic E-state index is 12.5. The van der Waals surface area contributed by atoms with Gasteiger partial charge in [0.05, 0.1) is 16.9 Å². The highest BCUT2D eigenvalue weighted by Crippen LogP contribution is 2.45. The number of rotatable bonds is 5. The Morgan fingerprint density at radius 1 is 0.971 bits per heavy atom. The first-order valence-corrected chi connectivity index (χ1v) is 12.6. The van der Waals surface area contributed by atoms with Gasteiger partial charge < -0.3 is 14.4 Å². The van der Waals surface area contributed by atoms with Crippen molar-refractivity contribution < 1.29 is 19.1 Å². The number of hydrogen-bond donors (Lipinski definition) is 0. The molecule has 0 saturated carbocycles. The Bertz CT molecular complexity index is 1110. The Balaban J connectivity index is 1.86. The molecule has 2 aromatic carbocycles. The van der Waals surface area contributed by atoms with Crippen molar-refractivity contribution in [2.24, 2.45) is 11.8 Å². The quantitative estimate of drug-likeness (QED) is 0.411. The summed E-state index contributed by atoms with van der Waals surface area (Å²) in [7, 11) is 2.11. The number of fused-ring (bicyclic) bond motifs is 2. The van der Waals surface area contributed by atoms with Gasteiger partial charge in [0.2, 0.25) is 0 Å². The summed E-state index contributed by atoms with van der Waals surface area (Å²) in [6, 6.07) is 8.68. The van der Waals surface area contributed by atoms with Gasteiger partial charge in [0.1, 0.15) is 0 Å². The van der Waals surface area contributed by atoms with E-state index in [0.29, 0.717) is 5.02 Å². The maximum Gasteiger partial charge on any atom is 0.313 e. The van der Waals surface area contributed by atoms with E-state index in [1.807, 2.05) is 6.07 Å². The predicted octanol–water partition coefficient (Wildman–Crippen LogP) is 5.57. The second-order valence-corrected chi connectivity index (χ2v) is 10.6. The number of aryl methyl sites for hydroxylation is 2. The van der Waals surface area contributed by atoms with Crippen LogP contribution in [0.4, 0.5) is 0 Å². The lowest BCUT2D eigenvalue weighted by Crippen LogP contribution is -2.24. The Morgan fingerprint density at radius 2 is 1.65 bits per heavy atom. The first kappa shape index (κ1) is 24.7. The van der Waals surface area contributed by atoms with Crippen LogP contribution in [0.15, 0.2) is 24.3 Å². The van der Waals surface area contributed by atoms with E-state index in [1.165, 1.54) is 23.1 Å². The number of likely N-dealkylation sites (N-methyl/N-ethyl adjacent to an activating group) is 1. The van der Waals surface area contributed by atoms with E-state index in [4.69, 9.17) is 21.1 Å². The fraction of sp³-hybridized carbons (Fsp3) is 0.500. The summed E-state index contributed by atoms with van der Waals surface area (Å²) in [4.78, 5) is 27.3. The fourth-order valence-corrected chi connectivity index (χ4v) is 5.08. The molecule has 182 valence electrons. The van der Waals surface area contributed by atoms with E-state index in [9.17, 15) is 9.59 Å². The SMILES string of the molecule is CC(C)C(=O)Oc1cc2c(c(Cl)c1OC(=O)C(C)C)CCN(C)CC2c1ccc2c(c1)CCC2. The lowest BCUT2D eigenvalue weighted by molar-refractivity contribution is -0.140. The molecule has 1 aliphatic carbocycles. The van der Waals surface area contributed by atoms with Crippen molar-refractivity contribution in [3.8, 4) is 11.5 Å². The molecule has 34 heavy (non-hydrogen) atoms. The molecule has 1 heterocycles. The highest BCUT2D eigenvalue weighted by molar-refractivity contribution is 6.33. The maximum absolute atomic E-state index is 12.5. The summed E-state index contributed by atoms with van der Waals surface area (Å²) in [6.45, 7) is 8.73. The van der Waals surface area contributed by atoms with Crippen LogP contribution in [-0.4, -0.2) is 37.0 Å². The third-order valence-electron chi connectivity index (χ3n) is 6.82. The van der Waals surface area contributed by atoms with Crippen LogP contribution in [0.5, 0.6) is 11.5 Å². The molecule has 1 aliphatic heterocycles. The number of carbonyl (C=O) groups is 2. The highest BCUT2D eigenvalue weighted by atomic mass is 35.5. The lowest BCUT2D eigenvalue weighted by Gasteiger charge is -2.24. The molecule has 0 saturated heterocycles. The van der Waals surface area contributed by atoms with Gasteiger partial charge in [0.15, 0.2) is 11.5 Å². The van der Waals surface area contributed by atoms with Crippen molar-refractivity contribution in [1.82, 2.24) is 4.90 Å². The second-order valence-electron chi connectivity index (χ2n) is 10.2. The number of halogens is 1. The predicted molar refractivity (Wildman–Crippen MR) is 134 cm³/mol. The molecule has 0 aromatic heterocycles. The molecule has 2 aliphatic rings. The van der Waals surface area contributed by atoms with Gasteiger partial charge in [-0.15, -0.1) is 0 Å². The summed E-state index contributed by atoms with van der Waals surface area (Å²) in [5.74, 6) is -1.05. The first-order chi connectivity index (χ1) is 16.2. The van der Waals surface area contributed by atoms with Crippen molar-refractivity contribution in [3.63, 3.8) is 0 Å². The normalized spacial score (nSPS) is 17.9. The van der Waals surface area contributed by atoms with E-state index < -0.39 is 11.9 Å². The van der Waals surface area contributed by atoms with Crippen LogP contribution in [0.2, 0.25) is 5.02 Å². The molecule has 0 fully saturated rings. The molecule has 6 heteroatoms. The zero-order valence-corrected chi connectivity index (χ0v) is 21.5.